The minimum Gasteiger partial charge on any atom is -0.497 e. The summed E-state index contributed by atoms with van der Waals surface area (Å²) in [5.41, 5.74) is 6.17. The predicted octanol–water partition coefficient (Wildman–Crippen LogP) is 3.90. The maximum atomic E-state index is 11.0. The summed E-state index contributed by atoms with van der Waals surface area (Å²) in [6.07, 6.45) is 6.47. The van der Waals surface area contributed by atoms with Crippen molar-refractivity contribution in [3.8, 4) is 5.75 Å². The fourth-order valence-corrected chi connectivity index (χ4v) is 3.35. The van der Waals surface area contributed by atoms with Gasteiger partial charge in [0.2, 0.25) is 6.41 Å². The quantitative estimate of drug-likeness (QED) is 0.696. The summed E-state index contributed by atoms with van der Waals surface area (Å²) in [5, 5.41) is 0. The van der Waals surface area contributed by atoms with Crippen LogP contribution in [0.2, 0.25) is 0 Å². The van der Waals surface area contributed by atoms with Gasteiger partial charge in [-0.3, -0.25) is 4.79 Å². The molecular formula is C21H34N2O4. The van der Waals surface area contributed by atoms with E-state index in [4.69, 9.17) is 15.2 Å². The maximum Gasteiger partial charge on any atom is 0.404 e. The molecule has 1 aromatic rings. The molecule has 0 spiro atoms. The standard InChI is InChI=1S/C13H24N2O3.C8H10O/c1-2-8-15(10-16)12-5-3-11(4-6-12)7-9-18-13(14)17;1-7-3-5-8(9-2)6-4-7/h10-12H,2-9H2,1H3,(H2,14,17);3-6H,1-2H3. The average molecular weight is 379 g/mol. The van der Waals surface area contributed by atoms with Gasteiger partial charge in [0.15, 0.2) is 0 Å². The SMILES string of the molecule is CCCN(C=O)C1CCC(CCOC(N)=O)CC1.COc1ccc(C)cc1. The van der Waals surface area contributed by atoms with Gasteiger partial charge in [0.25, 0.3) is 0 Å². The first-order valence-electron chi connectivity index (χ1n) is 9.74. The number of carbonyl (C=O) groups is 2. The van der Waals surface area contributed by atoms with Crippen molar-refractivity contribution in [2.75, 3.05) is 20.3 Å². The first kappa shape index (κ1) is 22.8. The lowest BCUT2D eigenvalue weighted by atomic mass is 9.84. The Hall–Kier alpha value is -2.24. The van der Waals surface area contributed by atoms with E-state index >= 15 is 0 Å². The Morgan fingerprint density at radius 1 is 1.22 bits per heavy atom. The Kier molecular flexibility index (Phi) is 11.0. The average Bonchev–Trinajstić information content (AvgIpc) is 2.68. The molecule has 1 saturated carbocycles. The summed E-state index contributed by atoms with van der Waals surface area (Å²) in [6.45, 7) is 5.41. The molecule has 0 atom stereocenters. The second kappa shape index (κ2) is 13.0. The molecule has 2 amide bonds. The molecule has 0 saturated heterocycles. The number of methoxy groups -OCH3 is 1. The van der Waals surface area contributed by atoms with Gasteiger partial charge in [0, 0.05) is 12.6 Å². The fraction of sp³-hybridized carbons (Fsp3) is 0.619. The van der Waals surface area contributed by atoms with Crippen LogP contribution in [0, 0.1) is 12.8 Å². The summed E-state index contributed by atoms with van der Waals surface area (Å²) >= 11 is 0. The second-order valence-corrected chi connectivity index (χ2v) is 6.99. The minimum atomic E-state index is -0.696. The number of nitrogens with two attached hydrogens (primary N) is 1. The van der Waals surface area contributed by atoms with E-state index in [2.05, 4.69) is 13.8 Å². The van der Waals surface area contributed by atoms with Crippen molar-refractivity contribution in [3.63, 3.8) is 0 Å². The van der Waals surface area contributed by atoms with Crippen molar-refractivity contribution in [2.45, 2.75) is 58.4 Å². The molecule has 0 radical (unpaired) electrons. The Labute approximate surface area is 163 Å². The largest absolute Gasteiger partial charge is 0.497 e. The maximum absolute atomic E-state index is 11.0. The van der Waals surface area contributed by atoms with Crippen molar-refractivity contribution in [2.24, 2.45) is 11.7 Å². The number of rotatable bonds is 8. The topological polar surface area (TPSA) is 81.9 Å². The van der Waals surface area contributed by atoms with Crippen molar-refractivity contribution >= 4 is 12.5 Å². The summed E-state index contributed by atoms with van der Waals surface area (Å²) < 4.78 is 9.72. The van der Waals surface area contributed by atoms with Crippen LogP contribution in [0.1, 0.15) is 51.0 Å². The van der Waals surface area contributed by atoms with Crippen molar-refractivity contribution in [1.82, 2.24) is 4.90 Å². The van der Waals surface area contributed by atoms with Gasteiger partial charge in [-0.2, -0.15) is 0 Å². The van der Waals surface area contributed by atoms with Crippen LogP contribution in [0.4, 0.5) is 4.79 Å². The van der Waals surface area contributed by atoms with E-state index in [-0.39, 0.29) is 0 Å². The van der Waals surface area contributed by atoms with E-state index in [1.165, 1.54) is 5.56 Å². The molecule has 6 nitrogen and oxygen atoms in total. The third-order valence-corrected chi connectivity index (χ3v) is 4.93. The Morgan fingerprint density at radius 3 is 2.33 bits per heavy atom. The van der Waals surface area contributed by atoms with Gasteiger partial charge in [-0.15, -0.1) is 0 Å². The Morgan fingerprint density at radius 2 is 1.85 bits per heavy atom. The van der Waals surface area contributed by atoms with Gasteiger partial charge in [-0.05, 0) is 63.5 Å². The molecule has 1 aliphatic carbocycles. The highest BCUT2D eigenvalue weighted by Crippen LogP contribution is 2.29. The molecule has 1 aromatic carbocycles. The molecule has 1 fully saturated rings. The third-order valence-electron chi connectivity index (χ3n) is 4.93. The number of hydrogen-bond donors (Lipinski definition) is 1. The number of amides is 2. The second-order valence-electron chi connectivity index (χ2n) is 6.99. The lowest BCUT2D eigenvalue weighted by Gasteiger charge is -2.34. The van der Waals surface area contributed by atoms with Crippen LogP contribution < -0.4 is 10.5 Å². The highest BCUT2D eigenvalue weighted by atomic mass is 16.5. The molecule has 6 heteroatoms. The Balaban J connectivity index is 0.000000337. The molecule has 1 aliphatic rings. The summed E-state index contributed by atoms with van der Waals surface area (Å²) in [5.74, 6) is 1.51. The number of primary amides is 1. The number of ether oxygens (including phenoxy) is 2. The van der Waals surface area contributed by atoms with Gasteiger partial charge >= 0.3 is 6.09 Å². The monoisotopic (exact) mass is 378 g/mol. The lowest BCUT2D eigenvalue weighted by molar-refractivity contribution is -0.121. The van der Waals surface area contributed by atoms with Crippen LogP contribution in [0.25, 0.3) is 0 Å². The lowest BCUT2D eigenvalue weighted by Crippen LogP contribution is -2.37. The predicted molar refractivity (Wildman–Crippen MR) is 107 cm³/mol. The van der Waals surface area contributed by atoms with Crippen LogP contribution in [0.15, 0.2) is 24.3 Å². The van der Waals surface area contributed by atoms with E-state index in [0.717, 1.165) is 57.2 Å². The third kappa shape index (κ3) is 9.31. The molecule has 0 unspecified atom stereocenters. The zero-order valence-electron chi connectivity index (χ0n) is 16.9. The van der Waals surface area contributed by atoms with Crippen LogP contribution >= 0.6 is 0 Å². The Bertz CT molecular complexity index is 540. The highest BCUT2D eigenvalue weighted by Gasteiger charge is 2.24. The van der Waals surface area contributed by atoms with E-state index in [0.29, 0.717) is 18.6 Å². The van der Waals surface area contributed by atoms with Gasteiger partial charge < -0.3 is 20.1 Å². The van der Waals surface area contributed by atoms with Crippen molar-refractivity contribution in [1.29, 1.82) is 0 Å². The number of aryl methyl sites for hydroxylation is 1. The van der Waals surface area contributed by atoms with Crippen LogP contribution in [-0.2, 0) is 9.53 Å². The summed E-state index contributed by atoms with van der Waals surface area (Å²) in [4.78, 5) is 23.4. The number of carbonyl (C=O) groups excluding carboxylic acids is 2. The minimum absolute atomic E-state index is 0.399. The first-order chi connectivity index (χ1) is 13.0. The van der Waals surface area contributed by atoms with E-state index in [1.807, 2.05) is 29.2 Å². The van der Waals surface area contributed by atoms with Crippen molar-refractivity contribution in [3.05, 3.63) is 29.8 Å². The molecule has 0 aliphatic heterocycles. The van der Waals surface area contributed by atoms with Gasteiger partial charge in [0.1, 0.15) is 5.75 Å². The molecule has 27 heavy (non-hydrogen) atoms. The van der Waals surface area contributed by atoms with E-state index in [9.17, 15) is 9.59 Å². The number of nitrogens with zero attached hydrogens (tertiary/aromatic N) is 1. The molecule has 0 heterocycles. The molecule has 2 N–H and O–H groups in total. The number of hydrogen-bond acceptors (Lipinski definition) is 4. The fourth-order valence-electron chi connectivity index (χ4n) is 3.35. The number of benzene rings is 1. The zero-order chi connectivity index (χ0) is 20.1. The smallest absolute Gasteiger partial charge is 0.404 e. The van der Waals surface area contributed by atoms with Gasteiger partial charge in [-0.1, -0.05) is 24.6 Å². The van der Waals surface area contributed by atoms with E-state index < -0.39 is 6.09 Å². The molecule has 2 rings (SSSR count). The van der Waals surface area contributed by atoms with E-state index in [1.54, 1.807) is 7.11 Å². The van der Waals surface area contributed by atoms with Gasteiger partial charge in [-0.25, -0.2) is 4.79 Å². The van der Waals surface area contributed by atoms with Crippen LogP contribution in [-0.4, -0.2) is 43.7 Å². The highest BCUT2D eigenvalue weighted by molar-refractivity contribution is 5.64. The van der Waals surface area contributed by atoms with Crippen molar-refractivity contribution < 1.29 is 19.1 Å². The first-order valence-corrected chi connectivity index (χ1v) is 9.74. The summed E-state index contributed by atoms with van der Waals surface area (Å²) in [7, 11) is 1.67. The molecule has 0 bridgehead atoms. The molecular weight excluding hydrogens is 344 g/mol. The van der Waals surface area contributed by atoms with Crippen LogP contribution in [0.5, 0.6) is 5.75 Å². The normalized spacial score (nSPS) is 18.6. The summed E-state index contributed by atoms with van der Waals surface area (Å²) in [6, 6.07) is 8.36. The molecule has 152 valence electrons. The zero-order valence-corrected chi connectivity index (χ0v) is 16.9. The van der Waals surface area contributed by atoms with Gasteiger partial charge in [0.05, 0.1) is 13.7 Å². The van der Waals surface area contributed by atoms with Crippen LogP contribution in [0.3, 0.4) is 0 Å². The molecule has 0 aromatic heterocycles.